The highest BCUT2D eigenvalue weighted by Crippen LogP contribution is 2.33. The number of nitrogens with zero attached hydrogens (tertiary/aromatic N) is 2. The van der Waals surface area contributed by atoms with Crippen LogP contribution in [0.15, 0.2) is 34.9 Å². The van der Waals surface area contributed by atoms with E-state index in [9.17, 15) is 0 Å². The first-order chi connectivity index (χ1) is 10.2. The summed E-state index contributed by atoms with van der Waals surface area (Å²) in [6.07, 6.45) is 1.62. The summed E-state index contributed by atoms with van der Waals surface area (Å²) in [6.45, 7) is 4.19. The van der Waals surface area contributed by atoms with E-state index >= 15 is 0 Å². The molecule has 0 fully saturated rings. The maximum Gasteiger partial charge on any atom is 0.260 e. The van der Waals surface area contributed by atoms with E-state index in [0.717, 1.165) is 17.0 Å². The summed E-state index contributed by atoms with van der Waals surface area (Å²) < 4.78 is 5.37. The maximum atomic E-state index is 6.03. The Balaban J connectivity index is 1.86. The van der Waals surface area contributed by atoms with E-state index in [1.807, 2.05) is 18.2 Å². The molecule has 0 bridgehead atoms. The zero-order valence-electron chi connectivity index (χ0n) is 12.1. The molecule has 0 radical (unpaired) electrons. The molecule has 5 heteroatoms. The zero-order chi connectivity index (χ0) is 14.8. The third kappa shape index (κ3) is 2.83. The van der Waals surface area contributed by atoms with Crippen LogP contribution >= 0.6 is 11.3 Å². The fourth-order valence-corrected chi connectivity index (χ4v) is 3.07. The molecule has 1 aromatic carbocycles. The highest BCUT2D eigenvalue weighted by molar-refractivity contribution is 7.16. The number of nitrogens with two attached hydrogens (primary N) is 1. The van der Waals surface area contributed by atoms with Gasteiger partial charge in [-0.3, -0.25) is 0 Å². The summed E-state index contributed by atoms with van der Waals surface area (Å²) in [7, 11) is 0. The maximum absolute atomic E-state index is 6.03. The molecule has 0 saturated carbocycles. The van der Waals surface area contributed by atoms with Crippen LogP contribution < -0.4 is 5.73 Å². The Morgan fingerprint density at radius 2 is 2.10 bits per heavy atom. The van der Waals surface area contributed by atoms with Gasteiger partial charge in [-0.15, -0.1) is 11.3 Å². The van der Waals surface area contributed by atoms with E-state index in [1.54, 1.807) is 11.3 Å². The second kappa shape index (κ2) is 5.69. The molecule has 21 heavy (non-hydrogen) atoms. The first kappa shape index (κ1) is 13.8. The highest BCUT2D eigenvalue weighted by Gasteiger charge is 2.15. The molecule has 0 spiro atoms. The Bertz CT molecular complexity index is 760. The molecule has 0 amide bonds. The van der Waals surface area contributed by atoms with Crippen LogP contribution in [0, 0.1) is 6.92 Å². The minimum atomic E-state index is 0.507. The Kier molecular flexibility index (Phi) is 3.75. The van der Waals surface area contributed by atoms with Crippen molar-refractivity contribution in [2.45, 2.75) is 26.7 Å². The summed E-state index contributed by atoms with van der Waals surface area (Å²) >= 11 is 1.57. The van der Waals surface area contributed by atoms with Crippen molar-refractivity contribution in [3.63, 3.8) is 0 Å². The van der Waals surface area contributed by atoms with Gasteiger partial charge in [0.1, 0.15) is 0 Å². The van der Waals surface area contributed by atoms with E-state index in [0.29, 0.717) is 18.1 Å². The Labute approximate surface area is 127 Å². The van der Waals surface area contributed by atoms with E-state index < -0.39 is 0 Å². The third-order valence-corrected chi connectivity index (χ3v) is 4.58. The lowest BCUT2D eigenvalue weighted by Crippen LogP contribution is -1.93. The molecule has 0 aliphatic carbocycles. The SMILES string of the molecule is CCc1cc(-c2nc(Cc3ccccc3C)no2)c(N)s1. The molecular formula is C16H17N3OS. The molecule has 2 aromatic heterocycles. The number of hydrogen-bond donors (Lipinski definition) is 1. The fourth-order valence-electron chi connectivity index (χ4n) is 2.21. The number of hydrogen-bond acceptors (Lipinski definition) is 5. The standard InChI is InChI=1S/C16H17N3OS/c1-3-12-9-13(15(17)21-12)16-18-14(19-20-16)8-11-7-5-4-6-10(11)2/h4-7,9H,3,8,17H2,1-2H3. The average Bonchev–Trinajstić information content (AvgIpc) is 3.07. The Morgan fingerprint density at radius 3 is 2.81 bits per heavy atom. The number of aryl methyl sites for hydroxylation is 2. The predicted octanol–water partition coefficient (Wildman–Crippen LogP) is 3.84. The third-order valence-electron chi connectivity index (χ3n) is 3.47. The molecule has 3 rings (SSSR count). The number of thiophene rings is 1. The van der Waals surface area contributed by atoms with Crippen molar-refractivity contribution in [3.05, 3.63) is 52.2 Å². The van der Waals surface area contributed by atoms with Crippen LogP contribution in [-0.4, -0.2) is 10.1 Å². The molecule has 4 nitrogen and oxygen atoms in total. The molecule has 2 N–H and O–H groups in total. The molecular weight excluding hydrogens is 282 g/mol. The van der Waals surface area contributed by atoms with Gasteiger partial charge in [0.15, 0.2) is 5.82 Å². The Hall–Kier alpha value is -2.14. The second-order valence-corrected chi connectivity index (χ2v) is 6.13. The van der Waals surface area contributed by atoms with Crippen LogP contribution in [0.25, 0.3) is 11.5 Å². The summed E-state index contributed by atoms with van der Waals surface area (Å²) in [4.78, 5) is 5.70. The van der Waals surface area contributed by atoms with Crippen molar-refractivity contribution in [3.8, 4) is 11.5 Å². The van der Waals surface area contributed by atoms with Crippen LogP contribution in [-0.2, 0) is 12.8 Å². The van der Waals surface area contributed by atoms with Crippen molar-refractivity contribution in [1.82, 2.24) is 10.1 Å². The molecule has 0 aliphatic rings. The molecule has 3 aromatic rings. The summed E-state index contributed by atoms with van der Waals surface area (Å²) in [5, 5.41) is 4.80. The van der Waals surface area contributed by atoms with Crippen LogP contribution in [0.4, 0.5) is 5.00 Å². The number of nitrogen functional groups attached to an aromatic ring is 1. The van der Waals surface area contributed by atoms with E-state index in [4.69, 9.17) is 10.3 Å². The molecule has 0 aliphatic heterocycles. The highest BCUT2D eigenvalue weighted by atomic mass is 32.1. The predicted molar refractivity (Wildman–Crippen MR) is 85.4 cm³/mol. The molecule has 2 heterocycles. The Morgan fingerprint density at radius 1 is 1.29 bits per heavy atom. The zero-order valence-corrected chi connectivity index (χ0v) is 12.9. The smallest absolute Gasteiger partial charge is 0.260 e. The summed E-state index contributed by atoms with van der Waals surface area (Å²) in [6, 6.07) is 10.2. The van der Waals surface area contributed by atoms with Gasteiger partial charge in [-0.25, -0.2) is 0 Å². The van der Waals surface area contributed by atoms with Crippen molar-refractivity contribution < 1.29 is 4.52 Å². The molecule has 0 unspecified atom stereocenters. The van der Waals surface area contributed by atoms with E-state index in [-0.39, 0.29) is 0 Å². The number of aromatic nitrogens is 2. The van der Waals surface area contributed by atoms with Crippen LogP contribution in [0.5, 0.6) is 0 Å². The van der Waals surface area contributed by atoms with Crippen LogP contribution in [0.1, 0.15) is 28.8 Å². The van der Waals surface area contributed by atoms with Gasteiger partial charge >= 0.3 is 0 Å². The van der Waals surface area contributed by atoms with Crippen LogP contribution in [0.3, 0.4) is 0 Å². The van der Waals surface area contributed by atoms with E-state index in [2.05, 4.69) is 36.1 Å². The minimum Gasteiger partial charge on any atom is -0.390 e. The molecule has 108 valence electrons. The van der Waals surface area contributed by atoms with Crippen LogP contribution in [0.2, 0.25) is 0 Å². The van der Waals surface area contributed by atoms with Gasteiger partial charge < -0.3 is 10.3 Å². The van der Waals surface area contributed by atoms with Gasteiger partial charge in [0.05, 0.1) is 10.6 Å². The average molecular weight is 299 g/mol. The van der Waals surface area contributed by atoms with Crippen molar-refractivity contribution in [2.75, 3.05) is 5.73 Å². The van der Waals surface area contributed by atoms with Gasteiger partial charge in [0, 0.05) is 11.3 Å². The van der Waals surface area contributed by atoms with Gasteiger partial charge in [0.25, 0.3) is 5.89 Å². The number of anilines is 1. The summed E-state index contributed by atoms with van der Waals surface area (Å²) in [5.41, 5.74) is 9.31. The van der Waals surface area contributed by atoms with Gasteiger partial charge in [0.2, 0.25) is 0 Å². The molecule has 0 atom stereocenters. The number of rotatable bonds is 4. The summed E-state index contributed by atoms with van der Waals surface area (Å²) in [5.74, 6) is 1.19. The fraction of sp³-hybridized carbons (Fsp3) is 0.250. The lowest BCUT2D eigenvalue weighted by molar-refractivity contribution is 0.424. The first-order valence-electron chi connectivity index (χ1n) is 6.93. The number of benzene rings is 1. The monoisotopic (exact) mass is 299 g/mol. The second-order valence-electron chi connectivity index (χ2n) is 4.96. The molecule has 0 saturated heterocycles. The normalized spacial score (nSPS) is 11.0. The topological polar surface area (TPSA) is 64.9 Å². The van der Waals surface area contributed by atoms with Crippen molar-refractivity contribution >= 4 is 16.3 Å². The lowest BCUT2D eigenvalue weighted by Gasteiger charge is -2.00. The minimum absolute atomic E-state index is 0.507. The quantitative estimate of drug-likeness (QED) is 0.795. The largest absolute Gasteiger partial charge is 0.390 e. The van der Waals surface area contributed by atoms with Crippen molar-refractivity contribution in [1.29, 1.82) is 0 Å². The van der Waals surface area contributed by atoms with E-state index in [1.165, 1.54) is 16.0 Å². The van der Waals surface area contributed by atoms with Crippen molar-refractivity contribution in [2.24, 2.45) is 0 Å². The first-order valence-corrected chi connectivity index (χ1v) is 7.74. The van der Waals surface area contributed by atoms with Gasteiger partial charge in [-0.2, -0.15) is 4.98 Å². The van der Waals surface area contributed by atoms with Gasteiger partial charge in [-0.1, -0.05) is 36.3 Å². The lowest BCUT2D eigenvalue weighted by atomic mass is 10.1. The van der Waals surface area contributed by atoms with Gasteiger partial charge in [-0.05, 0) is 30.5 Å².